The van der Waals surface area contributed by atoms with Gasteiger partial charge in [0.15, 0.2) is 0 Å². The summed E-state index contributed by atoms with van der Waals surface area (Å²) in [7, 11) is 0. The number of nitrogens with one attached hydrogen (secondary N) is 1. The smallest absolute Gasteiger partial charge is 0.258 e. The minimum Gasteiger partial charge on any atom is -0.378 e. The Morgan fingerprint density at radius 2 is 1.96 bits per heavy atom. The lowest BCUT2D eigenvalue weighted by atomic mass is 10.2. The van der Waals surface area contributed by atoms with Gasteiger partial charge in [0.1, 0.15) is 5.82 Å². The second kappa shape index (κ2) is 6.70. The number of rotatable bonds is 3. The maximum atomic E-state index is 13.1. The Morgan fingerprint density at radius 3 is 2.61 bits per heavy atom. The van der Waals surface area contributed by atoms with Crippen molar-refractivity contribution in [3.8, 4) is 0 Å². The molecule has 0 aliphatic carbocycles. The molecule has 0 saturated carbocycles. The van der Waals surface area contributed by atoms with E-state index in [4.69, 9.17) is 4.74 Å². The summed E-state index contributed by atoms with van der Waals surface area (Å²) in [6.07, 6.45) is 2.98. The van der Waals surface area contributed by atoms with Gasteiger partial charge in [-0.15, -0.1) is 0 Å². The highest BCUT2D eigenvalue weighted by Crippen LogP contribution is 2.17. The fourth-order valence-corrected chi connectivity index (χ4v) is 2.33. The summed E-state index contributed by atoms with van der Waals surface area (Å²) in [4.78, 5) is 22.7. The second-order valence-corrected chi connectivity index (χ2v) is 5.28. The number of carbonyl (C=O) groups excluding carboxylic acids is 1. The minimum atomic E-state index is -0.335. The molecule has 7 heteroatoms. The van der Waals surface area contributed by atoms with E-state index in [1.807, 2.05) is 4.90 Å². The monoisotopic (exact) mass is 316 g/mol. The van der Waals surface area contributed by atoms with Crippen molar-refractivity contribution in [1.29, 1.82) is 0 Å². The van der Waals surface area contributed by atoms with E-state index >= 15 is 0 Å². The van der Waals surface area contributed by atoms with Crippen molar-refractivity contribution >= 4 is 17.5 Å². The molecular formula is C16H17FN4O2. The van der Waals surface area contributed by atoms with E-state index in [1.54, 1.807) is 6.92 Å². The quantitative estimate of drug-likeness (QED) is 0.938. The fourth-order valence-electron chi connectivity index (χ4n) is 2.33. The van der Waals surface area contributed by atoms with E-state index in [2.05, 4.69) is 15.3 Å². The molecule has 0 atom stereocenters. The number of aromatic nitrogens is 2. The van der Waals surface area contributed by atoms with Gasteiger partial charge in [-0.05, 0) is 30.7 Å². The van der Waals surface area contributed by atoms with Gasteiger partial charge in [0.25, 0.3) is 5.91 Å². The first-order valence-corrected chi connectivity index (χ1v) is 7.36. The molecule has 1 N–H and O–H groups in total. The number of hydrogen-bond acceptors (Lipinski definition) is 5. The lowest BCUT2D eigenvalue weighted by Crippen LogP contribution is -2.37. The van der Waals surface area contributed by atoms with Crippen molar-refractivity contribution in [1.82, 2.24) is 9.97 Å². The van der Waals surface area contributed by atoms with Crippen LogP contribution in [0.25, 0.3) is 0 Å². The number of halogens is 1. The van der Waals surface area contributed by atoms with Gasteiger partial charge in [-0.2, -0.15) is 0 Å². The first kappa shape index (κ1) is 15.4. The molecule has 120 valence electrons. The van der Waals surface area contributed by atoms with Crippen molar-refractivity contribution in [2.45, 2.75) is 6.92 Å². The predicted molar refractivity (Wildman–Crippen MR) is 84.2 cm³/mol. The first-order chi connectivity index (χ1) is 11.1. The third kappa shape index (κ3) is 3.62. The average molecular weight is 316 g/mol. The van der Waals surface area contributed by atoms with Crippen LogP contribution >= 0.6 is 0 Å². The number of ether oxygens (including phenoxy) is 1. The first-order valence-electron chi connectivity index (χ1n) is 7.36. The summed E-state index contributed by atoms with van der Waals surface area (Å²) in [5.41, 5.74) is 1.57. The highest BCUT2D eigenvalue weighted by molar-refractivity contribution is 6.04. The van der Waals surface area contributed by atoms with Crippen molar-refractivity contribution in [2.24, 2.45) is 0 Å². The van der Waals surface area contributed by atoms with Crippen LogP contribution in [0.2, 0.25) is 0 Å². The molecule has 6 nitrogen and oxygen atoms in total. The van der Waals surface area contributed by atoms with Gasteiger partial charge in [-0.25, -0.2) is 14.4 Å². The van der Waals surface area contributed by atoms with Gasteiger partial charge in [0.2, 0.25) is 5.95 Å². The third-order valence-corrected chi connectivity index (χ3v) is 3.63. The van der Waals surface area contributed by atoms with E-state index < -0.39 is 0 Å². The van der Waals surface area contributed by atoms with Crippen LogP contribution in [0.5, 0.6) is 0 Å². The molecule has 1 amide bonds. The van der Waals surface area contributed by atoms with Crippen molar-refractivity contribution in [3.63, 3.8) is 0 Å². The molecule has 3 rings (SSSR count). The zero-order chi connectivity index (χ0) is 16.2. The van der Waals surface area contributed by atoms with Gasteiger partial charge >= 0.3 is 0 Å². The van der Waals surface area contributed by atoms with E-state index in [0.717, 1.165) is 13.1 Å². The molecule has 2 aromatic rings. The lowest BCUT2D eigenvalue weighted by Gasteiger charge is -2.26. The number of anilines is 2. The maximum absolute atomic E-state index is 13.1. The molecule has 0 unspecified atom stereocenters. The number of nitrogens with zero attached hydrogens (tertiary/aromatic N) is 3. The van der Waals surface area contributed by atoms with Gasteiger partial charge in [0, 0.05) is 31.2 Å². The van der Waals surface area contributed by atoms with Crippen LogP contribution in [0.4, 0.5) is 16.0 Å². The average Bonchev–Trinajstić information content (AvgIpc) is 2.58. The standard InChI is InChI=1S/C16H17FN4O2/c1-11-8-13(17)2-3-14(11)20-15(22)12-9-18-16(19-10-12)21-4-6-23-7-5-21/h2-3,8-10H,4-7H2,1H3,(H,20,22). The van der Waals surface area contributed by atoms with E-state index in [-0.39, 0.29) is 11.7 Å². The van der Waals surface area contributed by atoms with E-state index in [0.29, 0.717) is 36.0 Å². The number of aryl methyl sites for hydroxylation is 1. The SMILES string of the molecule is Cc1cc(F)ccc1NC(=O)c1cnc(N2CCOCC2)nc1. The molecule has 1 aromatic heterocycles. The van der Waals surface area contributed by atoms with Crippen molar-refractivity contribution in [3.05, 3.63) is 47.5 Å². The molecule has 1 saturated heterocycles. The third-order valence-electron chi connectivity index (χ3n) is 3.63. The highest BCUT2D eigenvalue weighted by Gasteiger charge is 2.15. The zero-order valence-electron chi connectivity index (χ0n) is 12.8. The molecule has 1 fully saturated rings. The van der Waals surface area contributed by atoms with Gasteiger partial charge in [-0.1, -0.05) is 0 Å². The molecule has 0 spiro atoms. The Hall–Kier alpha value is -2.54. The Balaban J connectivity index is 1.69. The number of amides is 1. The van der Waals surface area contributed by atoms with Crippen LogP contribution in [0.1, 0.15) is 15.9 Å². The Morgan fingerprint density at radius 1 is 1.26 bits per heavy atom. The molecule has 23 heavy (non-hydrogen) atoms. The highest BCUT2D eigenvalue weighted by atomic mass is 19.1. The Kier molecular flexibility index (Phi) is 4.47. The lowest BCUT2D eigenvalue weighted by molar-refractivity contribution is 0.102. The van der Waals surface area contributed by atoms with Crippen LogP contribution in [0.15, 0.2) is 30.6 Å². The van der Waals surface area contributed by atoms with Crippen LogP contribution < -0.4 is 10.2 Å². The topological polar surface area (TPSA) is 67.4 Å². The maximum Gasteiger partial charge on any atom is 0.258 e. The number of benzene rings is 1. The van der Waals surface area contributed by atoms with Gasteiger partial charge in [0.05, 0.1) is 18.8 Å². The normalized spacial score (nSPS) is 14.6. The Labute approximate surface area is 133 Å². The summed E-state index contributed by atoms with van der Waals surface area (Å²) in [5.74, 6) is -0.0743. The minimum absolute atomic E-state index is 0.326. The Bertz CT molecular complexity index is 700. The summed E-state index contributed by atoms with van der Waals surface area (Å²) >= 11 is 0. The molecule has 1 aliphatic rings. The largest absolute Gasteiger partial charge is 0.378 e. The van der Waals surface area contributed by atoms with Crippen LogP contribution in [0.3, 0.4) is 0 Å². The number of hydrogen-bond donors (Lipinski definition) is 1. The van der Waals surface area contributed by atoms with Gasteiger partial charge in [-0.3, -0.25) is 4.79 Å². The van der Waals surface area contributed by atoms with Crippen molar-refractivity contribution < 1.29 is 13.9 Å². The summed E-state index contributed by atoms with van der Waals surface area (Å²) in [6.45, 7) is 4.50. The molecular weight excluding hydrogens is 299 g/mol. The predicted octanol–water partition coefficient (Wildman–Crippen LogP) is 2.01. The second-order valence-electron chi connectivity index (χ2n) is 5.28. The van der Waals surface area contributed by atoms with E-state index in [9.17, 15) is 9.18 Å². The number of carbonyl (C=O) groups is 1. The summed E-state index contributed by atoms with van der Waals surface area (Å²) in [6, 6.07) is 4.21. The molecule has 0 radical (unpaired) electrons. The fraction of sp³-hybridized carbons (Fsp3) is 0.312. The molecule has 1 aromatic carbocycles. The zero-order valence-corrected chi connectivity index (χ0v) is 12.8. The molecule has 0 bridgehead atoms. The van der Waals surface area contributed by atoms with Crippen LogP contribution in [-0.4, -0.2) is 42.2 Å². The summed E-state index contributed by atoms with van der Waals surface area (Å²) in [5, 5.41) is 2.73. The molecule has 2 heterocycles. The molecule has 1 aliphatic heterocycles. The summed E-state index contributed by atoms with van der Waals surface area (Å²) < 4.78 is 18.4. The van der Waals surface area contributed by atoms with Gasteiger partial charge < -0.3 is 15.0 Å². The van der Waals surface area contributed by atoms with Crippen molar-refractivity contribution in [2.75, 3.05) is 36.5 Å². The number of morpholine rings is 1. The van der Waals surface area contributed by atoms with Crippen LogP contribution in [-0.2, 0) is 4.74 Å². The van der Waals surface area contributed by atoms with E-state index in [1.165, 1.54) is 30.6 Å². The van der Waals surface area contributed by atoms with Crippen LogP contribution in [0, 0.1) is 12.7 Å².